The zero-order valence-electron chi connectivity index (χ0n) is 24.4. The lowest BCUT2D eigenvalue weighted by Gasteiger charge is -2.27. The van der Waals surface area contributed by atoms with E-state index < -0.39 is 18.0 Å². The zero-order chi connectivity index (χ0) is 29.0. The summed E-state index contributed by atoms with van der Waals surface area (Å²) in [6.45, 7) is 3.69. The van der Waals surface area contributed by atoms with Gasteiger partial charge in [-0.1, -0.05) is 62.4 Å². The number of carbonyl (C=O) groups is 3. The van der Waals surface area contributed by atoms with Crippen LogP contribution in [0, 0.1) is 5.92 Å². The fourth-order valence-corrected chi connectivity index (χ4v) is 5.92. The Hall–Kier alpha value is -3.59. The number of urea groups is 1. The van der Waals surface area contributed by atoms with Gasteiger partial charge in [0.2, 0.25) is 11.8 Å². The molecule has 9 nitrogen and oxygen atoms in total. The predicted molar refractivity (Wildman–Crippen MR) is 165 cm³/mol. The molecule has 9 heteroatoms. The topological polar surface area (TPSA) is 120 Å². The van der Waals surface area contributed by atoms with Crippen LogP contribution in [-0.4, -0.2) is 62.0 Å². The molecule has 2 aromatic rings. The second kappa shape index (κ2) is 15.4. The first-order valence-corrected chi connectivity index (χ1v) is 15.2. The molecule has 5 N–H and O–H groups in total. The van der Waals surface area contributed by atoms with Crippen LogP contribution in [0.25, 0.3) is 0 Å². The minimum Gasteiger partial charge on any atom is -0.369 e. The average molecular weight is 563 g/mol. The summed E-state index contributed by atoms with van der Waals surface area (Å²) in [5.74, 6) is -0.176. The number of hydrogen-bond donors (Lipinski definition) is 4. The minimum atomic E-state index is -0.713. The lowest BCUT2D eigenvalue weighted by atomic mass is 9.84. The number of carbonyl (C=O) groups excluding carboxylic acids is 3. The van der Waals surface area contributed by atoms with Gasteiger partial charge in [0.15, 0.2) is 0 Å². The Bertz CT molecular complexity index is 1150. The second-order valence-corrected chi connectivity index (χ2v) is 11.6. The standard InChI is InChI=1S/C32H46N6O3/c1-37-18-9-19-38(21-20-37)29-17-16-26(23-27(29)35-30(39)15-8-14-24-10-4-2-5-11-24)34-32(41)36-28(31(33)40)22-25-12-6-3-7-13-25/h2,4-5,10-11,16-17,23,25,28H,3,6-9,12-15,18-22H2,1H3,(H2,33,40)(H,35,39)(H2,34,36,41). The number of benzene rings is 2. The van der Waals surface area contributed by atoms with E-state index in [4.69, 9.17) is 5.73 Å². The third kappa shape index (κ3) is 9.78. The van der Waals surface area contributed by atoms with Crippen molar-refractivity contribution in [3.05, 3.63) is 54.1 Å². The Labute approximate surface area is 244 Å². The number of aryl methyl sites for hydroxylation is 1. The van der Waals surface area contributed by atoms with E-state index >= 15 is 0 Å². The van der Waals surface area contributed by atoms with Crippen molar-refractivity contribution in [2.75, 3.05) is 48.8 Å². The molecule has 1 aliphatic carbocycles. The molecule has 4 rings (SSSR count). The summed E-state index contributed by atoms with van der Waals surface area (Å²) < 4.78 is 0. The highest BCUT2D eigenvalue weighted by Gasteiger charge is 2.25. The van der Waals surface area contributed by atoms with Gasteiger partial charge in [-0.2, -0.15) is 0 Å². The van der Waals surface area contributed by atoms with E-state index in [9.17, 15) is 14.4 Å². The largest absolute Gasteiger partial charge is 0.369 e. The number of anilines is 3. The van der Waals surface area contributed by atoms with Crippen molar-refractivity contribution < 1.29 is 14.4 Å². The molecule has 1 atom stereocenters. The van der Waals surface area contributed by atoms with Crippen LogP contribution in [0.5, 0.6) is 0 Å². The van der Waals surface area contributed by atoms with Crippen LogP contribution in [0.2, 0.25) is 0 Å². The number of primary amides is 1. The fraction of sp³-hybridized carbons (Fsp3) is 0.531. The number of nitrogens with one attached hydrogen (secondary N) is 3. The predicted octanol–water partition coefficient (Wildman–Crippen LogP) is 4.74. The molecule has 1 aliphatic heterocycles. The molecule has 2 aliphatic rings. The normalized spacial score (nSPS) is 17.3. The molecule has 1 saturated heterocycles. The summed E-state index contributed by atoms with van der Waals surface area (Å²) in [6, 6.07) is 14.6. The van der Waals surface area contributed by atoms with Crippen LogP contribution >= 0.6 is 0 Å². The molecule has 0 radical (unpaired) electrons. The summed E-state index contributed by atoms with van der Waals surface area (Å²) in [4.78, 5) is 42.6. The third-order valence-electron chi connectivity index (χ3n) is 8.24. The highest BCUT2D eigenvalue weighted by Crippen LogP contribution is 2.31. The number of hydrogen-bond acceptors (Lipinski definition) is 5. The monoisotopic (exact) mass is 562 g/mol. The lowest BCUT2D eigenvalue weighted by Crippen LogP contribution is -2.47. The summed E-state index contributed by atoms with van der Waals surface area (Å²) in [7, 11) is 2.12. The summed E-state index contributed by atoms with van der Waals surface area (Å²) in [5, 5.41) is 8.75. The summed E-state index contributed by atoms with van der Waals surface area (Å²) >= 11 is 0. The zero-order valence-corrected chi connectivity index (χ0v) is 24.4. The Morgan fingerprint density at radius 1 is 0.927 bits per heavy atom. The van der Waals surface area contributed by atoms with Crippen molar-refractivity contribution in [1.82, 2.24) is 10.2 Å². The van der Waals surface area contributed by atoms with Crippen LogP contribution in [0.4, 0.5) is 21.9 Å². The number of nitrogens with zero attached hydrogens (tertiary/aromatic N) is 2. The van der Waals surface area contributed by atoms with Crippen molar-refractivity contribution in [2.24, 2.45) is 11.7 Å². The molecule has 41 heavy (non-hydrogen) atoms. The van der Waals surface area contributed by atoms with E-state index in [2.05, 4.69) is 44.9 Å². The molecular weight excluding hydrogens is 516 g/mol. The Morgan fingerprint density at radius 2 is 1.71 bits per heavy atom. The van der Waals surface area contributed by atoms with Gasteiger partial charge in [-0.05, 0) is 69.0 Å². The maximum atomic E-state index is 13.0. The van der Waals surface area contributed by atoms with Gasteiger partial charge >= 0.3 is 6.03 Å². The molecule has 4 amide bonds. The van der Waals surface area contributed by atoms with Gasteiger partial charge < -0.3 is 31.5 Å². The van der Waals surface area contributed by atoms with Crippen LogP contribution in [0.1, 0.15) is 63.4 Å². The number of rotatable bonds is 11. The van der Waals surface area contributed by atoms with Gasteiger partial charge in [0, 0.05) is 31.7 Å². The van der Waals surface area contributed by atoms with Crippen molar-refractivity contribution in [2.45, 2.75) is 70.3 Å². The molecule has 222 valence electrons. The van der Waals surface area contributed by atoms with Gasteiger partial charge in [0.1, 0.15) is 6.04 Å². The van der Waals surface area contributed by atoms with Crippen molar-refractivity contribution >= 4 is 34.9 Å². The number of nitrogens with two attached hydrogens (primary N) is 1. The molecule has 2 aromatic carbocycles. The molecule has 0 bridgehead atoms. The summed E-state index contributed by atoms with van der Waals surface area (Å²) in [6.07, 6.45) is 9.24. The average Bonchev–Trinajstić information content (AvgIpc) is 3.18. The first-order valence-electron chi connectivity index (χ1n) is 15.2. The Balaban J connectivity index is 1.42. The highest BCUT2D eigenvalue weighted by atomic mass is 16.2. The molecule has 0 aromatic heterocycles. The van der Waals surface area contributed by atoms with Crippen LogP contribution in [0.3, 0.4) is 0 Å². The quantitative estimate of drug-likeness (QED) is 0.316. The third-order valence-corrected chi connectivity index (χ3v) is 8.24. The SMILES string of the molecule is CN1CCCN(c2ccc(NC(=O)NC(CC3CCCCC3)C(N)=O)cc2NC(=O)CCCc2ccccc2)CC1. The molecule has 1 saturated carbocycles. The van der Waals surface area contributed by atoms with E-state index in [-0.39, 0.29) is 5.91 Å². The van der Waals surface area contributed by atoms with Gasteiger partial charge in [0.05, 0.1) is 11.4 Å². The lowest BCUT2D eigenvalue weighted by molar-refractivity contribution is -0.120. The van der Waals surface area contributed by atoms with Crippen molar-refractivity contribution in [3.8, 4) is 0 Å². The van der Waals surface area contributed by atoms with E-state index in [1.165, 1.54) is 12.0 Å². The minimum absolute atomic E-state index is 0.0583. The first kappa shape index (κ1) is 30.4. The first-order chi connectivity index (χ1) is 19.9. The van der Waals surface area contributed by atoms with Gasteiger partial charge in [-0.3, -0.25) is 9.59 Å². The van der Waals surface area contributed by atoms with E-state index in [0.717, 1.165) is 76.8 Å². The molecule has 1 heterocycles. The molecule has 2 fully saturated rings. The highest BCUT2D eigenvalue weighted by molar-refractivity contribution is 5.98. The van der Waals surface area contributed by atoms with Crippen LogP contribution < -0.4 is 26.6 Å². The van der Waals surface area contributed by atoms with E-state index in [1.54, 1.807) is 6.07 Å². The molecule has 1 unspecified atom stereocenters. The fourth-order valence-electron chi connectivity index (χ4n) is 5.92. The molecule has 0 spiro atoms. The Morgan fingerprint density at radius 3 is 2.46 bits per heavy atom. The smallest absolute Gasteiger partial charge is 0.319 e. The second-order valence-electron chi connectivity index (χ2n) is 11.6. The molecular formula is C32H46N6O3. The van der Waals surface area contributed by atoms with Gasteiger partial charge in [-0.25, -0.2) is 4.79 Å². The summed E-state index contributed by atoms with van der Waals surface area (Å²) in [5.41, 5.74) is 9.00. The van der Waals surface area contributed by atoms with E-state index in [1.807, 2.05) is 30.3 Å². The number of amides is 4. The van der Waals surface area contributed by atoms with Gasteiger partial charge in [-0.15, -0.1) is 0 Å². The van der Waals surface area contributed by atoms with Crippen LogP contribution in [0.15, 0.2) is 48.5 Å². The maximum absolute atomic E-state index is 13.0. The van der Waals surface area contributed by atoms with Crippen molar-refractivity contribution in [1.29, 1.82) is 0 Å². The van der Waals surface area contributed by atoms with Crippen LogP contribution in [-0.2, 0) is 16.0 Å². The van der Waals surface area contributed by atoms with E-state index in [0.29, 0.717) is 30.1 Å². The Kier molecular flexibility index (Phi) is 11.4. The van der Waals surface area contributed by atoms with Gasteiger partial charge in [0.25, 0.3) is 0 Å². The number of likely N-dealkylation sites (N-methyl/N-ethyl adjacent to an activating group) is 1. The van der Waals surface area contributed by atoms with Crippen molar-refractivity contribution in [3.63, 3.8) is 0 Å². The maximum Gasteiger partial charge on any atom is 0.319 e.